The Morgan fingerprint density at radius 3 is 1.89 bits per heavy atom. The highest BCUT2D eigenvalue weighted by atomic mass is 16.7. The lowest BCUT2D eigenvalue weighted by Gasteiger charge is -2.22. The molecule has 0 N–H and O–H groups in total. The number of ether oxygens (including phenoxy) is 2. The lowest BCUT2D eigenvalue weighted by Crippen LogP contribution is -2.26. The third-order valence-corrected chi connectivity index (χ3v) is 1.44. The Morgan fingerprint density at radius 1 is 1.00 bits per heavy atom. The first kappa shape index (κ1) is 7.03. The summed E-state index contributed by atoms with van der Waals surface area (Å²) < 4.78 is 10.7. The van der Waals surface area contributed by atoms with Crippen LogP contribution in [0.25, 0.3) is 0 Å². The molecule has 0 aliphatic carbocycles. The van der Waals surface area contributed by atoms with Crippen molar-refractivity contribution in [3.05, 3.63) is 0 Å². The van der Waals surface area contributed by atoms with Gasteiger partial charge in [-0.2, -0.15) is 0 Å². The van der Waals surface area contributed by atoms with Crippen molar-refractivity contribution in [3.8, 4) is 0 Å². The Bertz CT molecular complexity index is 78.9. The highest BCUT2D eigenvalue weighted by molar-refractivity contribution is 4.57. The molecule has 0 spiro atoms. The van der Waals surface area contributed by atoms with Crippen LogP contribution in [-0.4, -0.2) is 19.0 Å². The van der Waals surface area contributed by atoms with Gasteiger partial charge in [0.05, 0.1) is 13.2 Å². The second-order valence-electron chi connectivity index (χ2n) is 2.80. The summed E-state index contributed by atoms with van der Waals surface area (Å²) in [5, 5.41) is 0. The molecule has 0 aromatic carbocycles. The molecule has 1 heterocycles. The maximum Gasteiger partial charge on any atom is 0.162 e. The maximum atomic E-state index is 5.37. The van der Waals surface area contributed by atoms with Gasteiger partial charge in [0.2, 0.25) is 0 Å². The van der Waals surface area contributed by atoms with E-state index in [2.05, 4.69) is 0 Å². The molecule has 1 aliphatic heterocycles. The van der Waals surface area contributed by atoms with E-state index in [9.17, 15) is 0 Å². The van der Waals surface area contributed by atoms with Crippen LogP contribution >= 0.6 is 0 Å². The second-order valence-corrected chi connectivity index (χ2v) is 2.80. The molecule has 0 saturated carbocycles. The van der Waals surface area contributed by atoms with E-state index in [0.717, 1.165) is 26.1 Å². The molecule has 0 atom stereocenters. The summed E-state index contributed by atoms with van der Waals surface area (Å²) in [7, 11) is 0. The fraction of sp³-hybridized carbons (Fsp3) is 1.00. The summed E-state index contributed by atoms with van der Waals surface area (Å²) in [5.74, 6) is -0.337. The van der Waals surface area contributed by atoms with Crippen LogP contribution in [0.2, 0.25) is 0 Å². The van der Waals surface area contributed by atoms with Crippen LogP contribution in [0.3, 0.4) is 0 Å². The average molecular weight is 130 g/mol. The first-order chi connectivity index (χ1) is 4.21. The first-order valence-electron chi connectivity index (χ1n) is 3.49. The fourth-order valence-electron chi connectivity index (χ4n) is 0.882. The molecule has 1 fully saturated rings. The summed E-state index contributed by atoms with van der Waals surface area (Å²) in [6.45, 7) is 5.59. The molecule has 2 heteroatoms. The van der Waals surface area contributed by atoms with Crippen LogP contribution in [0.15, 0.2) is 0 Å². The van der Waals surface area contributed by atoms with Crippen molar-refractivity contribution in [2.45, 2.75) is 32.5 Å². The topological polar surface area (TPSA) is 18.5 Å². The molecule has 0 aromatic heterocycles. The van der Waals surface area contributed by atoms with Crippen molar-refractivity contribution in [2.24, 2.45) is 0 Å². The Hall–Kier alpha value is -0.0800. The van der Waals surface area contributed by atoms with Crippen LogP contribution in [0.4, 0.5) is 0 Å². The van der Waals surface area contributed by atoms with E-state index >= 15 is 0 Å². The Morgan fingerprint density at radius 2 is 1.44 bits per heavy atom. The van der Waals surface area contributed by atoms with E-state index in [1.807, 2.05) is 13.8 Å². The van der Waals surface area contributed by atoms with E-state index in [1.165, 1.54) is 0 Å². The minimum Gasteiger partial charge on any atom is -0.351 e. The Kier molecular flexibility index (Phi) is 2.09. The average Bonchev–Trinajstić information content (AvgIpc) is 1.92. The Labute approximate surface area is 56.2 Å². The SMILES string of the molecule is CC1(C)OCCCCO1. The number of rotatable bonds is 0. The summed E-state index contributed by atoms with van der Waals surface area (Å²) in [5.41, 5.74) is 0. The molecule has 9 heavy (non-hydrogen) atoms. The molecular weight excluding hydrogens is 116 g/mol. The summed E-state index contributed by atoms with van der Waals surface area (Å²) in [6, 6.07) is 0. The maximum absolute atomic E-state index is 5.37. The molecule has 1 aliphatic rings. The molecule has 54 valence electrons. The van der Waals surface area contributed by atoms with E-state index in [1.54, 1.807) is 0 Å². The highest BCUT2D eigenvalue weighted by Crippen LogP contribution is 2.15. The Balaban J connectivity index is 2.36. The zero-order valence-electron chi connectivity index (χ0n) is 6.14. The van der Waals surface area contributed by atoms with Gasteiger partial charge in [-0.3, -0.25) is 0 Å². The third-order valence-electron chi connectivity index (χ3n) is 1.44. The predicted octanol–water partition coefficient (Wildman–Crippen LogP) is 1.55. The molecule has 0 aromatic rings. The van der Waals surface area contributed by atoms with Crippen LogP contribution < -0.4 is 0 Å². The van der Waals surface area contributed by atoms with E-state index < -0.39 is 0 Å². The van der Waals surface area contributed by atoms with Crippen molar-refractivity contribution < 1.29 is 9.47 Å². The van der Waals surface area contributed by atoms with Crippen molar-refractivity contribution in [2.75, 3.05) is 13.2 Å². The van der Waals surface area contributed by atoms with Gasteiger partial charge in [-0.15, -0.1) is 0 Å². The standard InChI is InChI=1S/C7H14O2/c1-7(2)8-5-3-4-6-9-7/h3-6H2,1-2H3. The lowest BCUT2D eigenvalue weighted by molar-refractivity contribution is -0.199. The van der Waals surface area contributed by atoms with Gasteiger partial charge in [0.15, 0.2) is 5.79 Å². The zero-order valence-corrected chi connectivity index (χ0v) is 6.14. The fourth-order valence-corrected chi connectivity index (χ4v) is 0.882. The molecule has 0 amide bonds. The smallest absolute Gasteiger partial charge is 0.162 e. The van der Waals surface area contributed by atoms with Gasteiger partial charge in [-0.1, -0.05) is 0 Å². The van der Waals surface area contributed by atoms with Gasteiger partial charge in [0, 0.05) is 0 Å². The molecule has 0 bridgehead atoms. The van der Waals surface area contributed by atoms with Gasteiger partial charge < -0.3 is 9.47 Å². The normalized spacial score (nSPS) is 27.3. The lowest BCUT2D eigenvalue weighted by atomic mass is 10.3. The highest BCUT2D eigenvalue weighted by Gasteiger charge is 2.20. The molecule has 1 rings (SSSR count). The van der Waals surface area contributed by atoms with Crippen molar-refractivity contribution >= 4 is 0 Å². The monoisotopic (exact) mass is 130 g/mol. The van der Waals surface area contributed by atoms with Crippen molar-refractivity contribution in [3.63, 3.8) is 0 Å². The molecule has 0 unspecified atom stereocenters. The predicted molar refractivity (Wildman–Crippen MR) is 35.2 cm³/mol. The minimum absolute atomic E-state index is 0.337. The van der Waals surface area contributed by atoms with Crippen LogP contribution in [-0.2, 0) is 9.47 Å². The van der Waals surface area contributed by atoms with Crippen LogP contribution in [0, 0.1) is 0 Å². The summed E-state index contributed by atoms with van der Waals surface area (Å²) in [6.07, 6.45) is 2.26. The van der Waals surface area contributed by atoms with Gasteiger partial charge in [0.1, 0.15) is 0 Å². The van der Waals surface area contributed by atoms with Gasteiger partial charge in [0.25, 0.3) is 0 Å². The van der Waals surface area contributed by atoms with Crippen LogP contribution in [0.5, 0.6) is 0 Å². The third kappa shape index (κ3) is 2.33. The zero-order chi connectivity index (χ0) is 6.74. The molecule has 0 radical (unpaired) electrons. The van der Waals surface area contributed by atoms with Gasteiger partial charge in [-0.05, 0) is 26.7 Å². The minimum atomic E-state index is -0.337. The largest absolute Gasteiger partial charge is 0.351 e. The molecular formula is C7H14O2. The number of hydrogen-bond acceptors (Lipinski definition) is 2. The number of hydrogen-bond donors (Lipinski definition) is 0. The van der Waals surface area contributed by atoms with Crippen molar-refractivity contribution in [1.82, 2.24) is 0 Å². The first-order valence-corrected chi connectivity index (χ1v) is 3.49. The summed E-state index contributed by atoms with van der Waals surface area (Å²) in [4.78, 5) is 0. The van der Waals surface area contributed by atoms with Crippen molar-refractivity contribution in [1.29, 1.82) is 0 Å². The summed E-state index contributed by atoms with van der Waals surface area (Å²) >= 11 is 0. The molecule has 1 saturated heterocycles. The van der Waals surface area contributed by atoms with Gasteiger partial charge in [-0.25, -0.2) is 0 Å². The van der Waals surface area contributed by atoms with Crippen LogP contribution in [0.1, 0.15) is 26.7 Å². The van der Waals surface area contributed by atoms with E-state index in [-0.39, 0.29) is 5.79 Å². The second kappa shape index (κ2) is 2.67. The van der Waals surface area contributed by atoms with Gasteiger partial charge >= 0.3 is 0 Å². The van der Waals surface area contributed by atoms with E-state index in [0.29, 0.717) is 0 Å². The quantitative estimate of drug-likeness (QED) is 0.495. The molecule has 2 nitrogen and oxygen atoms in total. The van der Waals surface area contributed by atoms with E-state index in [4.69, 9.17) is 9.47 Å².